The van der Waals surface area contributed by atoms with Gasteiger partial charge in [0, 0.05) is 20.2 Å². The summed E-state index contributed by atoms with van der Waals surface area (Å²) in [4.78, 5) is 6.59. The minimum absolute atomic E-state index is 0.294. The number of ether oxygens (including phenoxy) is 1. The number of hydrogen-bond donors (Lipinski definition) is 1. The second-order valence-electron chi connectivity index (χ2n) is 4.90. The minimum Gasteiger partial charge on any atom is -0.384 e. The smallest absolute Gasteiger partial charge is 0.0750 e. The zero-order chi connectivity index (χ0) is 13.0. The molecule has 1 N–H and O–H groups in total. The Morgan fingerprint density at radius 3 is 3.00 bits per heavy atom. The molecule has 4 heteroatoms. The molecule has 2 heterocycles. The van der Waals surface area contributed by atoms with Crippen LogP contribution in [0.3, 0.4) is 0 Å². The first-order chi connectivity index (χ1) is 8.72. The molecule has 1 aromatic heterocycles. The third-order valence-electron chi connectivity index (χ3n) is 3.54. The van der Waals surface area contributed by atoms with E-state index in [0.29, 0.717) is 12.1 Å². The van der Waals surface area contributed by atoms with Gasteiger partial charge in [-0.2, -0.15) is 0 Å². The van der Waals surface area contributed by atoms with Crippen molar-refractivity contribution in [2.45, 2.75) is 38.8 Å². The Morgan fingerprint density at radius 2 is 2.33 bits per heavy atom. The molecule has 0 spiro atoms. The van der Waals surface area contributed by atoms with Gasteiger partial charge >= 0.3 is 0 Å². The van der Waals surface area contributed by atoms with E-state index < -0.39 is 0 Å². The van der Waals surface area contributed by atoms with Crippen LogP contribution in [0, 0.1) is 0 Å². The monoisotopic (exact) mass is 249 g/mol. The summed E-state index contributed by atoms with van der Waals surface area (Å²) in [7, 11) is 2.12. The van der Waals surface area contributed by atoms with Gasteiger partial charge in [0.25, 0.3) is 0 Å². The molecule has 2 unspecified atom stereocenters. The van der Waals surface area contributed by atoms with Crippen molar-refractivity contribution in [1.29, 1.82) is 0 Å². The van der Waals surface area contributed by atoms with E-state index in [1.165, 1.54) is 0 Å². The molecule has 0 aliphatic carbocycles. The van der Waals surface area contributed by atoms with E-state index in [1.807, 2.05) is 12.4 Å². The standard InChI is InChI=1S/C14H23N3O/c1-4-6-16-12-8-13(10-15-9-12)17(3)14-5-7-18-11(14)2/h8-11,14,16H,4-7H2,1-3H3. The molecule has 2 rings (SSSR count). The number of pyridine rings is 1. The van der Waals surface area contributed by atoms with Gasteiger partial charge in [0.15, 0.2) is 0 Å². The van der Waals surface area contributed by atoms with Crippen LogP contribution in [0.1, 0.15) is 26.7 Å². The molecule has 0 bridgehead atoms. The van der Waals surface area contributed by atoms with Crippen LogP contribution in [-0.4, -0.2) is 37.3 Å². The molecule has 4 nitrogen and oxygen atoms in total. The van der Waals surface area contributed by atoms with Gasteiger partial charge in [0.1, 0.15) is 0 Å². The summed E-state index contributed by atoms with van der Waals surface area (Å²) >= 11 is 0. The average molecular weight is 249 g/mol. The molecule has 1 aromatic rings. The van der Waals surface area contributed by atoms with Crippen molar-refractivity contribution in [2.24, 2.45) is 0 Å². The molecule has 0 saturated carbocycles. The van der Waals surface area contributed by atoms with Crippen molar-refractivity contribution in [2.75, 3.05) is 30.4 Å². The summed E-state index contributed by atoms with van der Waals surface area (Å²) in [5.74, 6) is 0. The molecule has 1 saturated heterocycles. The predicted octanol–water partition coefficient (Wildman–Crippen LogP) is 2.52. The van der Waals surface area contributed by atoms with Crippen LogP contribution in [0.5, 0.6) is 0 Å². The number of hydrogen-bond acceptors (Lipinski definition) is 4. The van der Waals surface area contributed by atoms with E-state index in [4.69, 9.17) is 4.74 Å². The van der Waals surface area contributed by atoms with Crippen LogP contribution >= 0.6 is 0 Å². The quantitative estimate of drug-likeness (QED) is 0.870. The van der Waals surface area contributed by atoms with Crippen molar-refractivity contribution < 1.29 is 4.74 Å². The Kier molecular flexibility index (Phi) is 4.42. The zero-order valence-corrected chi connectivity index (χ0v) is 11.5. The largest absolute Gasteiger partial charge is 0.384 e. The first-order valence-electron chi connectivity index (χ1n) is 6.75. The SMILES string of the molecule is CCCNc1cncc(N(C)C2CCOC2C)c1. The number of nitrogens with one attached hydrogen (secondary N) is 1. The number of nitrogens with zero attached hydrogens (tertiary/aromatic N) is 2. The second kappa shape index (κ2) is 6.05. The van der Waals surface area contributed by atoms with Crippen LogP contribution in [0.15, 0.2) is 18.5 Å². The lowest BCUT2D eigenvalue weighted by atomic mass is 10.1. The Bertz CT molecular complexity index is 383. The second-order valence-corrected chi connectivity index (χ2v) is 4.90. The highest BCUT2D eigenvalue weighted by Gasteiger charge is 2.28. The highest BCUT2D eigenvalue weighted by molar-refractivity contribution is 5.55. The van der Waals surface area contributed by atoms with E-state index in [-0.39, 0.29) is 0 Å². The number of likely N-dealkylation sites (N-methyl/N-ethyl adjacent to an activating group) is 1. The molecule has 2 atom stereocenters. The third kappa shape index (κ3) is 2.93. The van der Waals surface area contributed by atoms with Crippen molar-refractivity contribution >= 4 is 11.4 Å². The molecular weight excluding hydrogens is 226 g/mol. The Balaban J connectivity index is 2.07. The van der Waals surface area contributed by atoms with E-state index in [1.54, 1.807) is 0 Å². The van der Waals surface area contributed by atoms with Crippen LogP contribution in [0.4, 0.5) is 11.4 Å². The molecule has 0 aromatic carbocycles. The van der Waals surface area contributed by atoms with E-state index >= 15 is 0 Å². The fraction of sp³-hybridized carbons (Fsp3) is 0.643. The van der Waals surface area contributed by atoms with Crippen molar-refractivity contribution in [3.05, 3.63) is 18.5 Å². The minimum atomic E-state index is 0.294. The molecule has 1 aliphatic heterocycles. The lowest BCUT2D eigenvalue weighted by Gasteiger charge is -2.28. The Hall–Kier alpha value is -1.29. The predicted molar refractivity (Wildman–Crippen MR) is 75.2 cm³/mol. The maximum atomic E-state index is 5.63. The van der Waals surface area contributed by atoms with Crippen molar-refractivity contribution in [1.82, 2.24) is 4.98 Å². The summed E-state index contributed by atoms with van der Waals surface area (Å²) in [6.07, 6.45) is 6.30. The Morgan fingerprint density at radius 1 is 1.50 bits per heavy atom. The summed E-state index contributed by atoms with van der Waals surface area (Å²) in [5.41, 5.74) is 2.24. The number of aromatic nitrogens is 1. The maximum Gasteiger partial charge on any atom is 0.0750 e. The molecule has 0 radical (unpaired) electrons. The highest BCUT2D eigenvalue weighted by atomic mass is 16.5. The first kappa shape index (κ1) is 13.1. The van der Waals surface area contributed by atoms with Crippen LogP contribution in [0.2, 0.25) is 0 Å². The molecule has 18 heavy (non-hydrogen) atoms. The van der Waals surface area contributed by atoms with Gasteiger partial charge in [0.05, 0.1) is 35.9 Å². The molecule has 100 valence electrons. The average Bonchev–Trinajstić information content (AvgIpc) is 2.82. The van der Waals surface area contributed by atoms with Crippen LogP contribution < -0.4 is 10.2 Å². The zero-order valence-electron chi connectivity index (χ0n) is 11.5. The van der Waals surface area contributed by atoms with Crippen LogP contribution in [-0.2, 0) is 4.74 Å². The topological polar surface area (TPSA) is 37.4 Å². The van der Waals surface area contributed by atoms with Gasteiger partial charge in [-0.1, -0.05) is 6.92 Å². The van der Waals surface area contributed by atoms with Crippen molar-refractivity contribution in [3.63, 3.8) is 0 Å². The lowest BCUT2D eigenvalue weighted by Crippen LogP contribution is -2.36. The summed E-state index contributed by atoms with van der Waals surface area (Å²) in [6, 6.07) is 2.61. The van der Waals surface area contributed by atoms with Gasteiger partial charge in [0.2, 0.25) is 0 Å². The molecule has 1 aliphatic rings. The van der Waals surface area contributed by atoms with E-state index in [2.05, 4.69) is 42.2 Å². The molecule has 0 amide bonds. The fourth-order valence-electron chi connectivity index (χ4n) is 2.41. The maximum absolute atomic E-state index is 5.63. The van der Waals surface area contributed by atoms with Gasteiger partial charge in [-0.05, 0) is 25.8 Å². The van der Waals surface area contributed by atoms with E-state index in [9.17, 15) is 0 Å². The van der Waals surface area contributed by atoms with Gasteiger partial charge in [-0.15, -0.1) is 0 Å². The lowest BCUT2D eigenvalue weighted by molar-refractivity contribution is 0.118. The van der Waals surface area contributed by atoms with Crippen LogP contribution in [0.25, 0.3) is 0 Å². The van der Waals surface area contributed by atoms with Gasteiger partial charge in [-0.25, -0.2) is 0 Å². The summed E-state index contributed by atoms with van der Waals surface area (Å²) in [6.45, 7) is 6.14. The molecular formula is C14H23N3O. The Labute approximate surface area is 109 Å². The van der Waals surface area contributed by atoms with Gasteiger partial charge < -0.3 is 15.0 Å². The van der Waals surface area contributed by atoms with Gasteiger partial charge in [-0.3, -0.25) is 4.98 Å². The number of anilines is 2. The first-order valence-corrected chi connectivity index (χ1v) is 6.75. The fourth-order valence-corrected chi connectivity index (χ4v) is 2.41. The molecule has 1 fully saturated rings. The van der Waals surface area contributed by atoms with E-state index in [0.717, 1.165) is 37.4 Å². The third-order valence-corrected chi connectivity index (χ3v) is 3.54. The summed E-state index contributed by atoms with van der Waals surface area (Å²) < 4.78 is 5.63. The highest BCUT2D eigenvalue weighted by Crippen LogP contribution is 2.25. The normalized spacial score (nSPS) is 23.1. The van der Waals surface area contributed by atoms with Crippen molar-refractivity contribution in [3.8, 4) is 0 Å². The summed E-state index contributed by atoms with van der Waals surface area (Å²) in [5, 5.41) is 3.37. The number of rotatable bonds is 5.